The van der Waals surface area contributed by atoms with Gasteiger partial charge in [-0.1, -0.05) is 31.6 Å². The van der Waals surface area contributed by atoms with E-state index in [1.165, 1.54) is 35.1 Å². The molecule has 11 heteroatoms. The predicted octanol–water partition coefficient (Wildman–Crippen LogP) is 8.06. The van der Waals surface area contributed by atoms with Crippen LogP contribution in [0.1, 0.15) is 64.1 Å². The van der Waals surface area contributed by atoms with E-state index in [9.17, 15) is 18.0 Å². The molecule has 2 aliphatic rings. The quantitative estimate of drug-likeness (QED) is 0.166. The van der Waals surface area contributed by atoms with Gasteiger partial charge in [-0.2, -0.15) is 13.2 Å². The van der Waals surface area contributed by atoms with Crippen molar-refractivity contribution >= 4 is 10.8 Å². The lowest BCUT2D eigenvalue weighted by molar-refractivity contribution is -0.141. The van der Waals surface area contributed by atoms with Crippen LogP contribution in [0, 0.1) is 5.92 Å². The van der Waals surface area contributed by atoms with Crippen LogP contribution in [0.25, 0.3) is 21.9 Å². The van der Waals surface area contributed by atoms with E-state index in [1.54, 1.807) is 27.5 Å². The molecule has 0 amide bonds. The highest BCUT2D eigenvalue weighted by Gasteiger charge is 2.33. The zero-order valence-corrected chi connectivity index (χ0v) is 31.6. The van der Waals surface area contributed by atoms with Gasteiger partial charge in [0.05, 0.1) is 25.2 Å². The Bertz CT molecular complexity index is 1820. The Morgan fingerprint density at radius 2 is 1.63 bits per heavy atom. The molecular weight excluding hydrogens is 667 g/mol. The molecule has 5 rings (SSSR count). The van der Waals surface area contributed by atoms with Crippen LogP contribution >= 0.6 is 0 Å². The van der Waals surface area contributed by atoms with Crippen LogP contribution in [0.15, 0.2) is 71.0 Å². The second kappa shape index (κ2) is 17.2. The number of hydrogen-bond donors (Lipinski definition) is 0. The molecule has 0 atom stereocenters. The molecule has 2 fully saturated rings. The zero-order chi connectivity index (χ0) is 37.6. The Morgan fingerprint density at radius 1 is 1.00 bits per heavy atom. The molecule has 2 saturated heterocycles. The van der Waals surface area contributed by atoms with Crippen LogP contribution in [-0.2, 0) is 19.8 Å². The molecule has 0 N–H and O–H groups in total. The van der Waals surface area contributed by atoms with Gasteiger partial charge in [-0.05, 0) is 87.4 Å². The number of rotatable bonds is 13. The second-order valence-electron chi connectivity index (χ2n) is 14.2. The third kappa shape index (κ3) is 9.09. The summed E-state index contributed by atoms with van der Waals surface area (Å²) in [5, 5.41) is 0.275. The molecule has 0 unspecified atom stereocenters. The number of benzene rings is 1. The second-order valence-corrected chi connectivity index (χ2v) is 14.2. The number of nitrogens with zero attached hydrogens (tertiary/aromatic N) is 5. The Labute approximate surface area is 306 Å². The lowest BCUT2D eigenvalue weighted by Gasteiger charge is -2.38. The number of piperidine rings is 1. The fourth-order valence-electron chi connectivity index (χ4n) is 7.49. The summed E-state index contributed by atoms with van der Waals surface area (Å²) < 4.78 is 53.9. The Kier molecular flexibility index (Phi) is 12.9. The van der Waals surface area contributed by atoms with Crippen molar-refractivity contribution < 1.29 is 22.6 Å². The summed E-state index contributed by atoms with van der Waals surface area (Å²) in [6.07, 6.45) is 8.31. The smallest absolute Gasteiger partial charge is 0.433 e. The maximum absolute atomic E-state index is 13.6. The van der Waals surface area contributed by atoms with E-state index >= 15 is 0 Å². The highest BCUT2D eigenvalue weighted by Crippen LogP contribution is 2.39. The molecule has 8 nitrogen and oxygen atoms in total. The highest BCUT2D eigenvalue weighted by atomic mass is 19.4. The van der Waals surface area contributed by atoms with Gasteiger partial charge in [-0.3, -0.25) is 14.7 Å². The third-order valence-electron chi connectivity index (χ3n) is 10.6. The summed E-state index contributed by atoms with van der Waals surface area (Å²) in [4.78, 5) is 23.8. The van der Waals surface area contributed by atoms with Crippen molar-refractivity contribution in [3.8, 4) is 22.6 Å². The van der Waals surface area contributed by atoms with Crippen molar-refractivity contribution in [1.82, 2.24) is 24.3 Å². The molecule has 3 aromatic rings. The van der Waals surface area contributed by atoms with E-state index in [0.717, 1.165) is 88.0 Å². The first-order valence-corrected chi connectivity index (χ1v) is 18.4. The fourth-order valence-corrected chi connectivity index (χ4v) is 7.49. The number of aryl methyl sites for hydroxylation is 1. The van der Waals surface area contributed by atoms with Gasteiger partial charge in [0.25, 0.3) is 5.56 Å². The standard InChI is InChI=1S/C41H54F3N5O3/c1-8-10-30(28(3)4)21-32(9-2)49-15-12-29(13-16-49)11-14-47-17-19-48(20-18-47)27-36-37(51-6)22-31(23-38(36)52-7)35-26-46(5)40(50)34-25-45-39(24-33(34)35)41(42,43)44/h9,21-26,29H,3,8,10-20,27H2,1-2,4-7H3/b30-21-,32-9?. The van der Waals surface area contributed by atoms with Gasteiger partial charge in [0, 0.05) is 81.9 Å². The number of hydrogen-bond acceptors (Lipinski definition) is 7. The minimum Gasteiger partial charge on any atom is -0.496 e. The van der Waals surface area contributed by atoms with Gasteiger partial charge < -0.3 is 23.8 Å². The average Bonchev–Trinajstić information content (AvgIpc) is 3.14. The van der Waals surface area contributed by atoms with E-state index in [4.69, 9.17) is 9.47 Å². The normalized spacial score (nSPS) is 17.2. The summed E-state index contributed by atoms with van der Waals surface area (Å²) in [6, 6.07) is 4.56. The van der Waals surface area contributed by atoms with Crippen molar-refractivity contribution in [2.24, 2.45) is 13.0 Å². The molecule has 2 aromatic heterocycles. The van der Waals surface area contributed by atoms with Gasteiger partial charge in [0.1, 0.15) is 17.2 Å². The van der Waals surface area contributed by atoms with E-state index in [-0.39, 0.29) is 10.8 Å². The summed E-state index contributed by atoms with van der Waals surface area (Å²) in [7, 11) is 4.73. The predicted molar refractivity (Wildman–Crippen MR) is 203 cm³/mol. The molecular formula is C41H54F3N5O3. The van der Waals surface area contributed by atoms with Gasteiger partial charge in [0.2, 0.25) is 0 Å². The third-order valence-corrected chi connectivity index (χ3v) is 10.6. The Balaban J connectivity index is 1.21. The Morgan fingerprint density at radius 3 is 2.19 bits per heavy atom. The maximum Gasteiger partial charge on any atom is 0.433 e. The van der Waals surface area contributed by atoms with Gasteiger partial charge >= 0.3 is 6.18 Å². The fraction of sp³-hybridized carbons (Fsp3) is 0.512. The molecule has 2 aliphatic heterocycles. The zero-order valence-electron chi connectivity index (χ0n) is 31.6. The summed E-state index contributed by atoms with van der Waals surface area (Å²) in [6.45, 7) is 18.3. The summed E-state index contributed by atoms with van der Waals surface area (Å²) >= 11 is 0. The molecule has 0 saturated carbocycles. The first-order valence-electron chi connectivity index (χ1n) is 18.4. The van der Waals surface area contributed by atoms with Crippen molar-refractivity contribution in [1.29, 1.82) is 0 Å². The number of alkyl halides is 3. The lowest BCUT2D eigenvalue weighted by Crippen LogP contribution is -2.46. The van der Waals surface area contributed by atoms with Crippen molar-refractivity contribution in [2.75, 3.05) is 60.0 Å². The summed E-state index contributed by atoms with van der Waals surface area (Å²) in [5.74, 6) is 1.89. The summed E-state index contributed by atoms with van der Waals surface area (Å²) in [5.41, 5.74) is 4.26. The molecule has 282 valence electrons. The first kappa shape index (κ1) is 39.1. The largest absolute Gasteiger partial charge is 0.496 e. The average molecular weight is 722 g/mol. The molecule has 0 bridgehead atoms. The number of fused-ring (bicyclic) bond motifs is 1. The molecule has 1 aromatic carbocycles. The minimum atomic E-state index is -4.65. The van der Waals surface area contributed by atoms with Gasteiger partial charge in [-0.15, -0.1) is 0 Å². The molecule has 52 heavy (non-hydrogen) atoms. The van der Waals surface area contributed by atoms with Crippen LogP contribution in [0.4, 0.5) is 13.2 Å². The SMILES string of the molecule is C=C(C)/C(=C\C(=CC)N1CCC(CCN2CCN(Cc3c(OC)cc(-c4cn(C)c(=O)c5cnc(C(F)(F)F)cc45)cc3OC)CC2)CC1)CCC. The molecule has 4 heterocycles. The number of halogens is 3. The van der Waals surface area contributed by atoms with Gasteiger partial charge in [0.15, 0.2) is 0 Å². The van der Waals surface area contributed by atoms with Crippen LogP contribution < -0.4 is 15.0 Å². The highest BCUT2D eigenvalue weighted by molar-refractivity contribution is 5.96. The number of ether oxygens (including phenoxy) is 2. The molecule has 0 aliphatic carbocycles. The number of piperazine rings is 1. The number of aromatic nitrogens is 2. The van der Waals surface area contributed by atoms with E-state index in [0.29, 0.717) is 29.2 Å². The lowest BCUT2D eigenvalue weighted by atomic mass is 9.92. The van der Waals surface area contributed by atoms with Gasteiger partial charge in [-0.25, -0.2) is 0 Å². The number of methoxy groups -OCH3 is 2. The van der Waals surface area contributed by atoms with E-state index in [1.807, 2.05) is 12.1 Å². The van der Waals surface area contributed by atoms with Crippen LogP contribution in [0.3, 0.4) is 0 Å². The Hall–Kier alpha value is -4.09. The maximum atomic E-state index is 13.6. The van der Waals surface area contributed by atoms with Crippen LogP contribution in [0.2, 0.25) is 0 Å². The van der Waals surface area contributed by atoms with Crippen LogP contribution in [0.5, 0.6) is 11.5 Å². The topological polar surface area (TPSA) is 63.1 Å². The first-order chi connectivity index (χ1) is 24.9. The number of pyridine rings is 2. The van der Waals surface area contributed by atoms with Crippen molar-refractivity contribution in [2.45, 2.75) is 65.6 Å². The molecule has 0 radical (unpaired) electrons. The number of likely N-dealkylation sites (tertiary alicyclic amines) is 1. The van der Waals surface area contributed by atoms with Crippen molar-refractivity contribution in [3.05, 3.63) is 87.8 Å². The van der Waals surface area contributed by atoms with E-state index in [2.05, 4.69) is 59.2 Å². The molecule has 0 spiro atoms. The van der Waals surface area contributed by atoms with E-state index < -0.39 is 17.4 Å². The number of allylic oxidation sites excluding steroid dienone is 4. The van der Waals surface area contributed by atoms with Crippen molar-refractivity contribution in [3.63, 3.8) is 0 Å². The minimum absolute atomic E-state index is 0.105. The van der Waals surface area contributed by atoms with Crippen LogP contribution in [-0.4, -0.2) is 84.3 Å². The monoisotopic (exact) mass is 721 g/mol.